The Morgan fingerprint density at radius 1 is 0.600 bits per heavy atom. The van der Waals surface area contributed by atoms with Crippen LogP contribution in [-0.4, -0.2) is 96.5 Å². The number of esters is 4. The normalized spacial score (nSPS) is 26.2. The maximum atomic E-state index is 13.0. The Hall–Kier alpha value is -4.66. The zero-order chi connectivity index (χ0) is 36.4. The molecule has 0 aliphatic carbocycles. The topological polar surface area (TPSA) is 173 Å². The molecule has 0 saturated carbocycles. The summed E-state index contributed by atoms with van der Waals surface area (Å²) in [5, 5.41) is 18.9. The van der Waals surface area contributed by atoms with Crippen LogP contribution in [0.3, 0.4) is 0 Å². The molecule has 2 fully saturated rings. The molecule has 0 spiro atoms. The summed E-state index contributed by atoms with van der Waals surface area (Å²) >= 11 is 0. The molecule has 2 saturated heterocycles. The summed E-state index contributed by atoms with van der Waals surface area (Å²) in [6, 6.07) is 24.6. The first-order chi connectivity index (χ1) is 23.9. The third-order valence-corrected chi connectivity index (χ3v) is 7.91. The third kappa shape index (κ3) is 9.73. The van der Waals surface area contributed by atoms with Gasteiger partial charge < -0.3 is 43.4 Å². The zero-order valence-corrected chi connectivity index (χ0v) is 28.3. The fourth-order valence-electron chi connectivity index (χ4n) is 5.37. The van der Waals surface area contributed by atoms with Crippen molar-refractivity contribution in [3.8, 4) is 0 Å². The third-order valence-electron chi connectivity index (χ3n) is 7.91. The predicted octanol–water partition coefficient (Wildman–Crippen LogP) is 3.71. The van der Waals surface area contributed by atoms with Crippen molar-refractivity contribution in [1.82, 2.24) is 0 Å². The fourth-order valence-corrected chi connectivity index (χ4v) is 5.37. The molecule has 9 atom stereocenters. The summed E-state index contributed by atoms with van der Waals surface area (Å²) in [7, 11) is 1.45. The number of aliphatic hydroxyl groups excluding tert-OH is 2. The molecule has 0 radical (unpaired) electrons. The van der Waals surface area contributed by atoms with Gasteiger partial charge in [0.15, 0.2) is 12.4 Å². The molecule has 0 amide bonds. The van der Waals surface area contributed by atoms with E-state index >= 15 is 0 Å². The molecule has 50 heavy (non-hydrogen) atoms. The number of hydrogen-bond acceptors (Lipinski definition) is 13. The summed E-state index contributed by atoms with van der Waals surface area (Å²) in [6.45, 7) is 6.56. The van der Waals surface area contributed by atoms with E-state index in [9.17, 15) is 29.4 Å². The highest BCUT2D eigenvalue weighted by molar-refractivity contribution is 5.91. The minimum atomic E-state index is -1.42. The maximum Gasteiger partial charge on any atom is 0.338 e. The molecule has 3 aromatic carbocycles. The van der Waals surface area contributed by atoms with Gasteiger partial charge in [0, 0.05) is 14.0 Å². The van der Waals surface area contributed by atoms with Crippen molar-refractivity contribution in [1.29, 1.82) is 0 Å². The monoisotopic (exact) mass is 694 g/mol. The standard InChI is InChI=1S/C29H26O9.C8H16O4/c1-18(34-26(31)20-12-6-3-7-13-20)23-24(36-27(32)21-14-8-4-9-15-21)25(29(38-23)35-19(2)30)37-28(33)22-16-10-5-11-17-22;1-4(2)7-5(9)6(10)8(11-3)12-7/h3-18,23-25,29H,1-2H3;4-10H,1-3H3/t18?,23-,24-,25?,29?;5-,6+,7+,8?/m10/s1. The number of benzene rings is 3. The molecule has 3 aromatic rings. The molecular weight excluding hydrogens is 652 g/mol. The Morgan fingerprint density at radius 2 is 1.04 bits per heavy atom. The van der Waals surface area contributed by atoms with Crippen LogP contribution in [0.4, 0.5) is 0 Å². The minimum Gasteiger partial charge on any atom is -0.456 e. The molecule has 13 nitrogen and oxygen atoms in total. The Labute approximate surface area is 290 Å². The van der Waals surface area contributed by atoms with Crippen LogP contribution in [-0.2, 0) is 38.0 Å². The van der Waals surface area contributed by atoms with Gasteiger partial charge in [0.2, 0.25) is 12.4 Å². The summed E-state index contributed by atoms with van der Waals surface area (Å²) in [5.41, 5.74) is 0.775. The SMILES string of the molecule is CC(=O)OC1O[C@H](C(C)OC(=O)c2ccccc2)[C@@H](OC(=O)c2ccccc2)C1OC(=O)c1ccccc1.COC1O[C@H](C(C)C)[C@@H](O)[C@H]1O. The lowest BCUT2D eigenvalue weighted by Gasteiger charge is -2.26. The number of methoxy groups -OCH3 is 1. The van der Waals surface area contributed by atoms with Crippen LogP contribution < -0.4 is 0 Å². The number of hydrogen-bond donors (Lipinski definition) is 2. The van der Waals surface area contributed by atoms with E-state index in [0.29, 0.717) is 5.56 Å². The summed E-state index contributed by atoms with van der Waals surface area (Å²) < 4.78 is 38.3. The first-order valence-electron chi connectivity index (χ1n) is 16.1. The van der Waals surface area contributed by atoms with Crippen LogP contribution in [0.25, 0.3) is 0 Å². The predicted molar refractivity (Wildman–Crippen MR) is 176 cm³/mol. The van der Waals surface area contributed by atoms with Crippen molar-refractivity contribution in [3.63, 3.8) is 0 Å². The summed E-state index contributed by atoms with van der Waals surface area (Å²) in [5.74, 6) is -2.64. The van der Waals surface area contributed by atoms with Crippen LogP contribution in [0.1, 0.15) is 58.8 Å². The van der Waals surface area contributed by atoms with E-state index < -0.39 is 73.1 Å². The lowest BCUT2D eigenvalue weighted by Crippen LogP contribution is -2.45. The van der Waals surface area contributed by atoms with Gasteiger partial charge in [-0.1, -0.05) is 68.4 Å². The Kier molecular flexibility index (Phi) is 13.6. The first-order valence-corrected chi connectivity index (χ1v) is 16.1. The fraction of sp³-hybridized carbons (Fsp3) is 0.405. The van der Waals surface area contributed by atoms with E-state index in [1.165, 1.54) is 7.11 Å². The minimum absolute atomic E-state index is 0.176. The Balaban J connectivity index is 0.000000396. The summed E-state index contributed by atoms with van der Waals surface area (Å²) in [4.78, 5) is 50.5. The average Bonchev–Trinajstić information content (AvgIpc) is 3.60. The first kappa shape index (κ1) is 38.1. The number of carbonyl (C=O) groups excluding carboxylic acids is 4. The Bertz CT molecular complexity index is 1550. The lowest BCUT2D eigenvalue weighted by atomic mass is 10.0. The zero-order valence-electron chi connectivity index (χ0n) is 28.3. The van der Waals surface area contributed by atoms with E-state index in [0.717, 1.165) is 6.92 Å². The number of ether oxygens (including phenoxy) is 7. The molecule has 268 valence electrons. The quantitative estimate of drug-likeness (QED) is 0.233. The van der Waals surface area contributed by atoms with Gasteiger partial charge in [-0.15, -0.1) is 0 Å². The second-order valence-electron chi connectivity index (χ2n) is 12.0. The van der Waals surface area contributed by atoms with E-state index in [1.54, 1.807) is 97.9 Å². The molecule has 4 unspecified atom stereocenters. The van der Waals surface area contributed by atoms with E-state index in [4.69, 9.17) is 33.2 Å². The molecule has 2 aliphatic rings. The molecular formula is C37H42O13. The molecule has 2 N–H and O–H groups in total. The van der Waals surface area contributed by atoms with Crippen LogP contribution in [0.2, 0.25) is 0 Å². The highest BCUT2D eigenvalue weighted by Crippen LogP contribution is 2.33. The van der Waals surface area contributed by atoms with Crippen molar-refractivity contribution in [2.24, 2.45) is 5.92 Å². The van der Waals surface area contributed by atoms with Gasteiger partial charge in [-0.2, -0.15) is 0 Å². The van der Waals surface area contributed by atoms with Gasteiger partial charge in [-0.3, -0.25) is 4.79 Å². The van der Waals surface area contributed by atoms with Gasteiger partial charge >= 0.3 is 23.9 Å². The Morgan fingerprint density at radius 3 is 1.44 bits per heavy atom. The number of carbonyl (C=O) groups is 4. The molecule has 0 bridgehead atoms. The van der Waals surface area contributed by atoms with E-state index in [1.807, 2.05) is 13.8 Å². The van der Waals surface area contributed by atoms with Crippen LogP contribution >= 0.6 is 0 Å². The van der Waals surface area contributed by atoms with Crippen LogP contribution in [0.15, 0.2) is 91.0 Å². The summed E-state index contributed by atoms with van der Waals surface area (Å²) in [6.07, 6.45) is -8.95. The van der Waals surface area contributed by atoms with Gasteiger partial charge in [-0.25, -0.2) is 14.4 Å². The molecule has 5 rings (SSSR count). The van der Waals surface area contributed by atoms with Gasteiger partial charge in [0.1, 0.15) is 24.4 Å². The maximum absolute atomic E-state index is 13.0. The largest absolute Gasteiger partial charge is 0.456 e. The van der Waals surface area contributed by atoms with Crippen molar-refractivity contribution < 1.29 is 62.5 Å². The molecule has 2 aliphatic heterocycles. The smallest absolute Gasteiger partial charge is 0.338 e. The van der Waals surface area contributed by atoms with Crippen molar-refractivity contribution >= 4 is 23.9 Å². The number of aliphatic hydroxyl groups is 2. The second kappa shape index (κ2) is 17.8. The number of rotatable bonds is 10. The van der Waals surface area contributed by atoms with Gasteiger partial charge in [0.25, 0.3) is 0 Å². The highest BCUT2D eigenvalue weighted by Gasteiger charge is 2.54. The van der Waals surface area contributed by atoms with Crippen molar-refractivity contribution in [3.05, 3.63) is 108 Å². The van der Waals surface area contributed by atoms with Crippen molar-refractivity contribution in [2.45, 2.75) is 83.0 Å². The lowest BCUT2D eigenvalue weighted by molar-refractivity contribution is -0.191. The highest BCUT2D eigenvalue weighted by atomic mass is 16.8. The molecule has 13 heteroatoms. The van der Waals surface area contributed by atoms with Gasteiger partial charge in [-0.05, 0) is 49.2 Å². The van der Waals surface area contributed by atoms with Crippen molar-refractivity contribution in [2.75, 3.05) is 7.11 Å². The molecule has 2 heterocycles. The van der Waals surface area contributed by atoms with E-state index in [-0.39, 0.29) is 23.1 Å². The van der Waals surface area contributed by atoms with Gasteiger partial charge in [0.05, 0.1) is 22.8 Å². The van der Waals surface area contributed by atoms with E-state index in [2.05, 4.69) is 0 Å². The second-order valence-corrected chi connectivity index (χ2v) is 12.0. The molecule has 0 aromatic heterocycles. The van der Waals surface area contributed by atoms with Crippen LogP contribution in [0, 0.1) is 5.92 Å². The van der Waals surface area contributed by atoms with Crippen LogP contribution in [0.5, 0.6) is 0 Å². The average molecular weight is 695 g/mol.